The number of fused-ring (bicyclic) bond motifs is 6. The van der Waals surface area contributed by atoms with Crippen LogP contribution >= 0.6 is 23.2 Å². The molecule has 0 radical (unpaired) electrons. The average Bonchev–Trinajstić information content (AvgIpc) is 3.07. The Bertz CT molecular complexity index is 1510. The first-order valence-electron chi connectivity index (χ1n) is 9.91. The normalized spacial score (nSPS) is 17.4. The Balaban J connectivity index is 1.60. The van der Waals surface area contributed by atoms with Gasteiger partial charge in [-0.05, 0) is 47.5 Å². The molecule has 2 aliphatic heterocycles. The lowest BCUT2D eigenvalue weighted by Gasteiger charge is -2.36. The molecular weight excluding hydrogens is 483 g/mol. The molecule has 0 aliphatic carbocycles. The summed E-state index contributed by atoms with van der Waals surface area (Å²) in [6.45, 7) is 0. The summed E-state index contributed by atoms with van der Waals surface area (Å²) in [6.07, 6.45) is 0. The summed E-state index contributed by atoms with van der Waals surface area (Å²) in [4.78, 5) is 24.5. The number of nitrogens with zero attached hydrogens (tertiary/aromatic N) is 3. The Kier molecular flexibility index (Phi) is 4.35. The van der Waals surface area contributed by atoms with E-state index in [1.165, 1.54) is 18.2 Å². The molecule has 1 atom stereocenters. The van der Waals surface area contributed by atoms with Crippen molar-refractivity contribution in [2.24, 2.45) is 0 Å². The van der Waals surface area contributed by atoms with Crippen molar-refractivity contribution in [3.63, 3.8) is 0 Å². The van der Waals surface area contributed by atoms with E-state index in [1.54, 1.807) is 36.4 Å². The fourth-order valence-corrected chi connectivity index (χ4v) is 4.66. The minimum Gasteiger partial charge on any atom is -0.508 e. The van der Waals surface area contributed by atoms with E-state index in [-0.39, 0.29) is 45.2 Å². The second-order valence-electron chi connectivity index (χ2n) is 7.59. The largest absolute Gasteiger partial charge is 0.508 e. The molecule has 9 nitrogen and oxygen atoms in total. The van der Waals surface area contributed by atoms with E-state index in [0.29, 0.717) is 22.3 Å². The molecule has 0 bridgehead atoms. The van der Waals surface area contributed by atoms with Gasteiger partial charge in [0.2, 0.25) is 16.5 Å². The standard InChI is InChI=1S/C23H12Cl2N4O5/c24-20-27-21(25)29-22(28-20)26-15-8-14-18(9-16(15)31)33-17-7-10(30)5-6-13(17)23(14)12-4-2-1-3-11(12)19(32)34-23/h1-9,30-31H,(H,26,27,28,29). The zero-order chi connectivity index (χ0) is 23.6. The van der Waals surface area contributed by atoms with Crippen LogP contribution in [0.3, 0.4) is 0 Å². The second-order valence-corrected chi connectivity index (χ2v) is 8.26. The maximum atomic E-state index is 12.9. The predicted molar refractivity (Wildman–Crippen MR) is 121 cm³/mol. The summed E-state index contributed by atoms with van der Waals surface area (Å²) in [5.41, 5.74) is 0.743. The van der Waals surface area contributed by atoms with Crippen LogP contribution in [0.1, 0.15) is 27.0 Å². The number of halogens is 2. The molecule has 1 spiro atoms. The average molecular weight is 495 g/mol. The van der Waals surface area contributed by atoms with Gasteiger partial charge in [0.15, 0.2) is 5.60 Å². The number of phenolic OH excluding ortho intramolecular Hbond substituents is 2. The third kappa shape index (κ3) is 2.94. The first-order chi connectivity index (χ1) is 16.3. The lowest BCUT2D eigenvalue weighted by molar-refractivity contribution is 0.0224. The number of phenols is 2. The lowest BCUT2D eigenvalue weighted by Crippen LogP contribution is -2.33. The van der Waals surface area contributed by atoms with Crippen LogP contribution in [0.5, 0.6) is 23.0 Å². The van der Waals surface area contributed by atoms with Gasteiger partial charge >= 0.3 is 5.97 Å². The molecule has 0 amide bonds. The van der Waals surface area contributed by atoms with Crippen LogP contribution in [0, 0.1) is 0 Å². The van der Waals surface area contributed by atoms with E-state index in [9.17, 15) is 15.0 Å². The molecular formula is C23H12Cl2N4O5. The molecule has 0 saturated carbocycles. The van der Waals surface area contributed by atoms with Gasteiger partial charge in [-0.15, -0.1) is 0 Å². The fourth-order valence-electron chi connectivity index (χ4n) is 4.30. The Labute approximate surface area is 201 Å². The molecule has 168 valence electrons. The number of esters is 1. The Hall–Kier alpha value is -4.08. The van der Waals surface area contributed by atoms with E-state index < -0.39 is 11.6 Å². The monoisotopic (exact) mass is 494 g/mol. The third-order valence-corrected chi connectivity index (χ3v) is 5.98. The number of carbonyl (C=O) groups excluding carboxylic acids is 1. The van der Waals surface area contributed by atoms with Gasteiger partial charge in [-0.2, -0.15) is 15.0 Å². The van der Waals surface area contributed by atoms with E-state index in [1.807, 2.05) is 0 Å². The predicted octanol–water partition coefficient (Wildman–Crippen LogP) is 4.90. The smallest absolute Gasteiger partial charge is 0.340 e. The van der Waals surface area contributed by atoms with Crippen molar-refractivity contribution in [1.82, 2.24) is 15.0 Å². The number of hydrogen-bond donors (Lipinski definition) is 3. The van der Waals surface area contributed by atoms with Crippen molar-refractivity contribution in [1.29, 1.82) is 0 Å². The van der Waals surface area contributed by atoms with Crippen molar-refractivity contribution in [3.05, 3.63) is 87.4 Å². The number of benzene rings is 3. The van der Waals surface area contributed by atoms with Crippen molar-refractivity contribution in [3.8, 4) is 23.0 Å². The fraction of sp³-hybridized carbons (Fsp3) is 0.0435. The summed E-state index contributed by atoms with van der Waals surface area (Å²) in [5.74, 6) is -0.226. The molecule has 3 heterocycles. The maximum absolute atomic E-state index is 12.9. The topological polar surface area (TPSA) is 127 Å². The minimum absolute atomic E-state index is 0.000155. The molecule has 11 heteroatoms. The number of aromatic hydroxyl groups is 2. The molecule has 1 unspecified atom stereocenters. The lowest BCUT2D eigenvalue weighted by atomic mass is 9.77. The zero-order valence-electron chi connectivity index (χ0n) is 16.9. The van der Waals surface area contributed by atoms with Crippen LogP contribution in [-0.2, 0) is 10.3 Å². The second kappa shape index (κ2) is 7.21. The summed E-state index contributed by atoms with van der Waals surface area (Å²) in [6, 6.07) is 14.5. The van der Waals surface area contributed by atoms with E-state index in [2.05, 4.69) is 20.3 Å². The van der Waals surface area contributed by atoms with Crippen LogP contribution in [0.4, 0.5) is 11.6 Å². The summed E-state index contributed by atoms with van der Waals surface area (Å²) >= 11 is 11.7. The van der Waals surface area contributed by atoms with Crippen LogP contribution in [0.25, 0.3) is 0 Å². The van der Waals surface area contributed by atoms with E-state index >= 15 is 0 Å². The van der Waals surface area contributed by atoms with E-state index in [0.717, 1.165) is 0 Å². The Morgan fingerprint density at radius 1 is 0.853 bits per heavy atom. The Morgan fingerprint density at radius 3 is 2.38 bits per heavy atom. The van der Waals surface area contributed by atoms with Crippen LogP contribution < -0.4 is 10.1 Å². The van der Waals surface area contributed by atoms with Gasteiger partial charge < -0.3 is 25.0 Å². The molecule has 0 fully saturated rings. The SMILES string of the molecule is O=C1OC2(c3ccc(O)cc3Oc3cc(O)c(Nc4nc(Cl)nc(Cl)n4)cc32)c2ccccc21. The molecule has 3 N–H and O–H groups in total. The van der Waals surface area contributed by atoms with Crippen molar-refractivity contribution >= 4 is 40.8 Å². The van der Waals surface area contributed by atoms with Crippen LogP contribution in [0.2, 0.25) is 10.6 Å². The van der Waals surface area contributed by atoms with Crippen molar-refractivity contribution < 1.29 is 24.5 Å². The molecule has 0 saturated heterocycles. The molecule has 34 heavy (non-hydrogen) atoms. The van der Waals surface area contributed by atoms with Gasteiger partial charge in [-0.1, -0.05) is 18.2 Å². The summed E-state index contributed by atoms with van der Waals surface area (Å²) in [5, 5.41) is 23.3. The minimum atomic E-state index is -1.39. The quantitative estimate of drug-likeness (QED) is 0.263. The van der Waals surface area contributed by atoms with Crippen molar-refractivity contribution in [2.75, 3.05) is 5.32 Å². The highest BCUT2D eigenvalue weighted by Gasteiger charge is 2.53. The number of carbonyl (C=O) groups is 1. The highest BCUT2D eigenvalue weighted by molar-refractivity contribution is 6.31. The third-order valence-electron chi connectivity index (χ3n) is 5.64. The van der Waals surface area contributed by atoms with Gasteiger partial charge in [-0.3, -0.25) is 0 Å². The highest BCUT2D eigenvalue weighted by atomic mass is 35.5. The van der Waals surface area contributed by atoms with Gasteiger partial charge in [0.1, 0.15) is 23.0 Å². The molecule has 2 aliphatic rings. The molecule has 4 aromatic rings. The van der Waals surface area contributed by atoms with Gasteiger partial charge in [0.25, 0.3) is 0 Å². The zero-order valence-corrected chi connectivity index (χ0v) is 18.4. The molecule has 6 rings (SSSR count). The Morgan fingerprint density at radius 2 is 1.59 bits per heavy atom. The summed E-state index contributed by atoms with van der Waals surface area (Å²) < 4.78 is 12.0. The highest BCUT2D eigenvalue weighted by Crippen LogP contribution is 2.57. The number of rotatable bonds is 2. The van der Waals surface area contributed by atoms with Crippen molar-refractivity contribution in [2.45, 2.75) is 5.60 Å². The van der Waals surface area contributed by atoms with E-state index in [4.69, 9.17) is 32.7 Å². The number of ether oxygens (including phenoxy) is 2. The van der Waals surface area contributed by atoms with Crippen LogP contribution in [0.15, 0.2) is 54.6 Å². The first-order valence-corrected chi connectivity index (χ1v) is 10.7. The van der Waals surface area contributed by atoms with Gasteiger partial charge in [-0.25, -0.2) is 4.79 Å². The summed E-state index contributed by atoms with van der Waals surface area (Å²) in [7, 11) is 0. The molecule has 1 aromatic heterocycles. The first kappa shape index (κ1) is 20.5. The number of anilines is 2. The number of aromatic nitrogens is 3. The van der Waals surface area contributed by atoms with Gasteiger partial charge in [0, 0.05) is 28.8 Å². The van der Waals surface area contributed by atoms with Gasteiger partial charge in [0.05, 0.1) is 11.3 Å². The number of nitrogens with one attached hydrogen (secondary N) is 1. The molecule has 3 aromatic carbocycles. The number of hydrogen-bond acceptors (Lipinski definition) is 9. The maximum Gasteiger partial charge on any atom is 0.340 e. The van der Waals surface area contributed by atoms with Crippen LogP contribution in [-0.4, -0.2) is 31.1 Å².